The molecule has 4 aromatic rings. The summed E-state index contributed by atoms with van der Waals surface area (Å²) in [6, 6.07) is 16.5. The van der Waals surface area contributed by atoms with Crippen molar-refractivity contribution in [3.8, 4) is 23.1 Å². The van der Waals surface area contributed by atoms with Crippen LogP contribution in [-0.4, -0.2) is 47.1 Å². The lowest BCUT2D eigenvalue weighted by Crippen LogP contribution is -2.28. The lowest BCUT2D eigenvalue weighted by molar-refractivity contribution is 0.291. The van der Waals surface area contributed by atoms with Gasteiger partial charge in [-0.1, -0.05) is 51.1 Å². The molecule has 0 bridgehead atoms. The first-order chi connectivity index (χ1) is 19.8. The lowest BCUT2D eigenvalue weighted by Gasteiger charge is -2.20. The number of thiophene rings is 1. The summed E-state index contributed by atoms with van der Waals surface area (Å²) < 4.78 is 74.2. The average molecular weight is 633 g/mol. The van der Waals surface area contributed by atoms with Crippen LogP contribution in [0.15, 0.2) is 75.1 Å². The molecule has 14 heteroatoms. The molecule has 224 valence electrons. The van der Waals surface area contributed by atoms with Crippen molar-refractivity contribution in [3.63, 3.8) is 0 Å². The molecule has 2 N–H and O–H groups in total. The second-order valence-electron chi connectivity index (χ2n) is 10.1. The molecule has 2 aromatic carbocycles. The molecule has 0 saturated heterocycles. The number of nitrogens with zero attached hydrogens (tertiary/aromatic N) is 2. The Balaban J connectivity index is 1.65. The molecule has 4 rings (SSSR count). The molecule has 0 fully saturated rings. The molecular formula is C28H32N4O7S3. The Hall–Kier alpha value is -3.72. The van der Waals surface area contributed by atoms with Gasteiger partial charge in [0.25, 0.3) is 15.9 Å². The van der Waals surface area contributed by atoms with Crippen molar-refractivity contribution in [3.05, 3.63) is 77.4 Å². The maximum absolute atomic E-state index is 13.4. The predicted octanol–water partition coefficient (Wildman–Crippen LogP) is 5.10. The van der Waals surface area contributed by atoms with E-state index in [0.717, 1.165) is 16.9 Å². The van der Waals surface area contributed by atoms with Gasteiger partial charge < -0.3 is 14.2 Å². The molecular weight excluding hydrogens is 601 g/mol. The summed E-state index contributed by atoms with van der Waals surface area (Å²) in [6.45, 7) is 7.45. The molecule has 0 aliphatic carbocycles. The quantitative estimate of drug-likeness (QED) is 0.204. The van der Waals surface area contributed by atoms with E-state index in [4.69, 9.17) is 14.2 Å². The van der Waals surface area contributed by atoms with E-state index in [1.54, 1.807) is 54.8 Å². The lowest BCUT2D eigenvalue weighted by atomic mass is 9.87. The molecule has 0 saturated carbocycles. The zero-order valence-electron chi connectivity index (χ0n) is 23.7. The summed E-state index contributed by atoms with van der Waals surface area (Å²) in [5, 5.41) is 1.66. The van der Waals surface area contributed by atoms with E-state index in [0.29, 0.717) is 5.75 Å². The van der Waals surface area contributed by atoms with Gasteiger partial charge in [-0.05, 0) is 53.6 Å². The molecule has 0 aliphatic rings. The highest BCUT2D eigenvalue weighted by Crippen LogP contribution is 2.40. The summed E-state index contributed by atoms with van der Waals surface area (Å²) >= 11 is 1.09. The van der Waals surface area contributed by atoms with Crippen LogP contribution in [0.2, 0.25) is 0 Å². The number of hydrogen-bond donors (Lipinski definition) is 2. The fraction of sp³-hybridized carbons (Fsp3) is 0.286. The zero-order chi connectivity index (χ0) is 30.5. The number of sulfonamides is 2. The Morgan fingerprint density at radius 2 is 1.57 bits per heavy atom. The average Bonchev–Trinajstić information content (AvgIpc) is 3.49. The summed E-state index contributed by atoms with van der Waals surface area (Å²) in [6.07, 6.45) is 0. The van der Waals surface area contributed by atoms with Gasteiger partial charge in [0.2, 0.25) is 15.8 Å². The normalized spacial score (nSPS) is 12.1. The molecule has 0 radical (unpaired) electrons. The third-order valence-electron chi connectivity index (χ3n) is 5.88. The standard InChI is InChI=1S/C28H32N4O7S3/c1-19-30-26(32-41(33,34)21-14-12-20(13-15-21)28(2,3)4)25(39-23-10-7-6-9-22(23)37-5)27(31-19)38-17-16-29-42(35,36)24-11-8-18-40-24/h6-15,18,29H,16-17H2,1-5H3,(H,30,31,32). The van der Waals surface area contributed by atoms with Crippen LogP contribution in [0, 0.1) is 6.92 Å². The Bertz CT molecular complexity index is 1740. The Labute approximate surface area is 250 Å². The van der Waals surface area contributed by atoms with Crippen molar-refractivity contribution in [1.82, 2.24) is 14.7 Å². The molecule has 0 unspecified atom stereocenters. The van der Waals surface area contributed by atoms with Gasteiger partial charge in [-0.25, -0.2) is 26.5 Å². The van der Waals surface area contributed by atoms with Crippen LogP contribution < -0.4 is 23.7 Å². The SMILES string of the molecule is COc1ccccc1Oc1c(NS(=O)(=O)c2ccc(C(C)(C)C)cc2)nc(C)nc1OCCNS(=O)(=O)c1cccs1. The number of methoxy groups -OCH3 is 1. The second kappa shape index (κ2) is 12.7. The van der Waals surface area contributed by atoms with Crippen molar-refractivity contribution in [2.45, 2.75) is 42.2 Å². The molecule has 0 spiro atoms. The molecule has 42 heavy (non-hydrogen) atoms. The highest BCUT2D eigenvalue weighted by Gasteiger charge is 2.25. The fourth-order valence-electron chi connectivity index (χ4n) is 3.74. The van der Waals surface area contributed by atoms with Gasteiger partial charge in [-0.2, -0.15) is 4.98 Å². The maximum atomic E-state index is 13.4. The van der Waals surface area contributed by atoms with Crippen molar-refractivity contribution in [2.75, 3.05) is 25.0 Å². The third kappa shape index (κ3) is 7.56. The Morgan fingerprint density at radius 1 is 0.881 bits per heavy atom. The van der Waals surface area contributed by atoms with Crippen LogP contribution >= 0.6 is 11.3 Å². The first-order valence-electron chi connectivity index (χ1n) is 12.8. The van der Waals surface area contributed by atoms with E-state index in [9.17, 15) is 16.8 Å². The second-order valence-corrected chi connectivity index (χ2v) is 14.7. The molecule has 2 heterocycles. The number of ether oxygens (including phenoxy) is 3. The van der Waals surface area contributed by atoms with Gasteiger partial charge in [-0.3, -0.25) is 4.72 Å². The van der Waals surface area contributed by atoms with E-state index < -0.39 is 20.0 Å². The number of para-hydroxylation sites is 2. The van der Waals surface area contributed by atoms with E-state index in [1.807, 2.05) is 20.8 Å². The monoisotopic (exact) mass is 632 g/mol. The Kier molecular flexibility index (Phi) is 9.40. The third-order valence-corrected chi connectivity index (χ3v) is 10.1. The van der Waals surface area contributed by atoms with E-state index in [2.05, 4.69) is 19.4 Å². The van der Waals surface area contributed by atoms with Gasteiger partial charge in [0.15, 0.2) is 17.3 Å². The smallest absolute Gasteiger partial charge is 0.263 e. The Morgan fingerprint density at radius 3 is 2.19 bits per heavy atom. The van der Waals surface area contributed by atoms with Crippen LogP contribution in [-0.2, 0) is 25.5 Å². The van der Waals surface area contributed by atoms with Crippen LogP contribution in [0.1, 0.15) is 32.2 Å². The summed E-state index contributed by atoms with van der Waals surface area (Å²) in [5.74, 6) is 0.440. The van der Waals surface area contributed by atoms with Crippen molar-refractivity contribution in [2.24, 2.45) is 0 Å². The first-order valence-corrected chi connectivity index (χ1v) is 16.6. The number of nitrogens with one attached hydrogen (secondary N) is 2. The van der Waals surface area contributed by atoms with Gasteiger partial charge in [0.1, 0.15) is 16.6 Å². The van der Waals surface area contributed by atoms with Crippen LogP contribution in [0.3, 0.4) is 0 Å². The minimum atomic E-state index is -4.11. The van der Waals surface area contributed by atoms with E-state index >= 15 is 0 Å². The maximum Gasteiger partial charge on any atom is 0.263 e. The largest absolute Gasteiger partial charge is 0.493 e. The number of hydrogen-bond acceptors (Lipinski definition) is 10. The van der Waals surface area contributed by atoms with Crippen LogP contribution in [0.25, 0.3) is 0 Å². The number of anilines is 1. The molecule has 0 aliphatic heterocycles. The van der Waals surface area contributed by atoms with Gasteiger partial charge in [0, 0.05) is 6.54 Å². The van der Waals surface area contributed by atoms with E-state index in [-0.39, 0.29) is 56.7 Å². The number of rotatable bonds is 12. The van der Waals surface area contributed by atoms with Crippen molar-refractivity contribution < 1.29 is 31.0 Å². The van der Waals surface area contributed by atoms with Crippen molar-refractivity contribution >= 4 is 37.2 Å². The number of benzene rings is 2. The topological polar surface area (TPSA) is 146 Å². The highest BCUT2D eigenvalue weighted by atomic mass is 32.2. The van der Waals surface area contributed by atoms with Crippen LogP contribution in [0.5, 0.6) is 23.1 Å². The number of aromatic nitrogens is 2. The summed E-state index contributed by atoms with van der Waals surface area (Å²) in [4.78, 5) is 8.63. The molecule has 0 amide bonds. The van der Waals surface area contributed by atoms with Gasteiger partial charge >= 0.3 is 0 Å². The minimum absolute atomic E-state index is 0.0282. The summed E-state index contributed by atoms with van der Waals surface area (Å²) in [7, 11) is -6.34. The molecule has 11 nitrogen and oxygen atoms in total. The fourth-order valence-corrected chi connectivity index (χ4v) is 6.80. The first kappa shape index (κ1) is 31.2. The minimum Gasteiger partial charge on any atom is -0.493 e. The highest BCUT2D eigenvalue weighted by molar-refractivity contribution is 7.92. The predicted molar refractivity (Wildman–Crippen MR) is 161 cm³/mol. The zero-order valence-corrected chi connectivity index (χ0v) is 26.2. The van der Waals surface area contributed by atoms with E-state index in [1.165, 1.54) is 25.3 Å². The summed E-state index contributed by atoms with van der Waals surface area (Å²) in [5.41, 5.74) is 0.823. The molecule has 2 aromatic heterocycles. The van der Waals surface area contributed by atoms with Crippen molar-refractivity contribution in [1.29, 1.82) is 0 Å². The molecule has 0 atom stereocenters. The van der Waals surface area contributed by atoms with Crippen LogP contribution in [0.4, 0.5) is 5.82 Å². The van der Waals surface area contributed by atoms with Gasteiger partial charge in [0.05, 0.1) is 12.0 Å². The van der Waals surface area contributed by atoms with Gasteiger partial charge in [-0.15, -0.1) is 11.3 Å². The number of aryl methyl sites for hydroxylation is 1.